The van der Waals surface area contributed by atoms with Crippen LogP contribution in [-0.4, -0.2) is 18.8 Å². The molecule has 0 spiro atoms. The van der Waals surface area contributed by atoms with E-state index in [0.717, 1.165) is 24.2 Å². The summed E-state index contributed by atoms with van der Waals surface area (Å²) in [6.45, 7) is 3.61. The fourth-order valence-corrected chi connectivity index (χ4v) is 1.54. The predicted octanol–water partition coefficient (Wildman–Crippen LogP) is 2.53. The van der Waals surface area contributed by atoms with Crippen molar-refractivity contribution in [1.82, 2.24) is 5.32 Å². The van der Waals surface area contributed by atoms with E-state index in [1.165, 1.54) is 0 Å². The highest BCUT2D eigenvalue weighted by molar-refractivity contribution is 7.80. The molecule has 0 saturated carbocycles. The normalized spacial score (nSPS) is 9.88. The Kier molecular flexibility index (Phi) is 5.82. The summed E-state index contributed by atoms with van der Waals surface area (Å²) in [5.74, 6) is 0. The minimum atomic E-state index is 0.616. The van der Waals surface area contributed by atoms with Crippen molar-refractivity contribution < 1.29 is 4.74 Å². The lowest BCUT2D eigenvalue weighted by Crippen LogP contribution is -2.28. The van der Waals surface area contributed by atoms with Crippen LogP contribution in [0.2, 0.25) is 0 Å². The molecule has 16 heavy (non-hydrogen) atoms. The second kappa shape index (κ2) is 7.19. The van der Waals surface area contributed by atoms with Gasteiger partial charge < -0.3 is 15.4 Å². The number of ether oxygens (including phenoxy) is 1. The standard InChI is InChI=1S/C12H18N2OS/c1-3-7-13-12(16)14-11-6-4-5-10(8-11)9-15-2/h4-6,8H,3,7,9H2,1-2H3,(H2,13,14,16). The molecule has 1 aromatic carbocycles. The van der Waals surface area contributed by atoms with Gasteiger partial charge in [0.05, 0.1) is 6.61 Å². The van der Waals surface area contributed by atoms with Crippen molar-refractivity contribution in [3.05, 3.63) is 29.8 Å². The Balaban J connectivity index is 2.52. The third-order valence-electron chi connectivity index (χ3n) is 2.03. The predicted molar refractivity (Wildman–Crippen MR) is 71.7 cm³/mol. The molecule has 4 heteroatoms. The van der Waals surface area contributed by atoms with Crippen LogP contribution in [0.15, 0.2) is 24.3 Å². The Bertz CT molecular complexity index is 342. The molecule has 0 bridgehead atoms. The quantitative estimate of drug-likeness (QED) is 0.772. The summed E-state index contributed by atoms with van der Waals surface area (Å²) in [6.07, 6.45) is 1.06. The molecule has 0 fully saturated rings. The topological polar surface area (TPSA) is 33.3 Å². The summed E-state index contributed by atoms with van der Waals surface area (Å²) in [7, 11) is 1.69. The van der Waals surface area contributed by atoms with Gasteiger partial charge in [0, 0.05) is 19.3 Å². The number of nitrogens with one attached hydrogen (secondary N) is 2. The zero-order chi connectivity index (χ0) is 11.8. The van der Waals surface area contributed by atoms with E-state index >= 15 is 0 Å². The van der Waals surface area contributed by atoms with Crippen LogP contribution in [0.4, 0.5) is 5.69 Å². The van der Waals surface area contributed by atoms with Crippen molar-refractivity contribution in [3.63, 3.8) is 0 Å². The molecule has 2 N–H and O–H groups in total. The van der Waals surface area contributed by atoms with Gasteiger partial charge in [-0.25, -0.2) is 0 Å². The van der Waals surface area contributed by atoms with Crippen molar-refractivity contribution in [2.45, 2.75) is 20.0 Å². The van der Waals surface area contributed by atoms with E-state index in [1.54, 1.807) is 7.11 Å². The molecule has 1 rings (SSSR count). The summed E-state index contributed by atoms with van der Waals surface area (Å²) in [6, 6.07) is 8.03. The minimum absolute atomic E-state index is 0.616. The number of benzene rings is 1. The van der Waals surface area contributed by atoms with E-state index in [2.05, 4.69) is 17.6 Å². The first-order chi connectivity index (χ1) is 7.76. The fraction of sp³-hybridized carbons (Fsp3) is 0.417. The maximum absolute atomic E-state index is 5.16. The van der Waals surface area contributed by atoms with Crippen molar-refractivity contribution in [2.24, 2.45) is 0 Å². The minimum Gasteiger partial charge on any atom is -0.380 e. The highest BCUT2D eigenvalue weighted by Crippen LogP contribution is 2.11. The first-order valence-electron chi connectivity index (χ1n) is 5.39. The molecule has 0 aliphatic heterocycles. The van der Waals surface area contributed by atoms with E-state index in [1.807, 2.05) is 24.3 Å². The maximum atomic E-state index is 5.16. The molecule has 0 saturated heterocycles. The van der Waals surface area contributed by atoms with E-state index < -0.39 is 0 Å². The van der Waals surface area contributed by atoms with Crippen molar-refractivity contribution in [1.29, 1.82) is 0 Å². The Morgan fingerprint density at radius 1 is 1.44 bits per heavy atom. The summed E-state index contributed by atoms with van der Waals surface area (Å²) < 4.78 is 5.08. The number of anilines is 1. The van der Waals surface area contributed by atoms with Crippen LogP contribution in [0.1, 0.15) is 18.9 Å². The second-order valence-corrected chi connectivity index (χ2v) is 3.92. The Hall–Kier alpha value is -1.13. The summed E-state index contributed by atoms with van der Waals surface area (Å²) >= 11 is 5.16. The molecule has 1 aromatic rings. The monoisotopic (exact) mass is 238 g/mol. The maximum Gasteiger partial charge on any atom is 0.170 e. The summed E-state index contributed by atoms with van der Waals surface area (Å²) in [5.41, 5.74) is 2.12. The zero-order valence-corrected chi connectivity index (χ0v) is 10.6. The first-order valence-corrected chi connectivity index (χ1v) is 5.79. The first kappa shape index (κ1) is 12.9. The smallest absolute Gasteiger partial charge is 0.170 e. The van der Waals surface area contributed by atoms with Crippen LogP contribution >= 0.6 is 12.2 Å². The van der Waals surface area contributed by atoms with Crippen LogP contribution in [0.5, 0.6) is 0 Å². The molecular formula is C12H18N2OS. The number of methoxy groups -OCH3 is 1. The number of hydrogen-bond donors (Lipinski definition) is 2. The van der Waals surface area contributed by atoms with Crippen LogP contribution in [0, 0.1) is 0 Å². The third-order valence-corrected chi connectivity index (χ3v) is 2.28. The van der Waals surface area contributed by atoms with Gasteiger partial charge in [-0.05, 0) is 36.3 Å². The molecule has 88 valence electrons. The molecule has 0 amide bonds. The Labute approximate surface area is 102 Å². The van der Waals surface area contributed by atoms with Crippen LogP contribution in [0.3, 0.4) is 0 Å². The van der Waals surface area contributed by atoms with Gasteiger partial charge in [0.2, 0.25) is 0 Å². The van der Waals surface area contributed by atoms with Crippen LogP contribution in [0.25, 0.3) is 0 Å². The second-order valence-electron chi connectivity index (χ2n) is 3.51. The van der Waals surface area contributed by atoms with E-state index in [9.17, 15) is 0 Å². The molecule has 0 atom stereocenters. The van der Waals surface area contributed by atoms with Crippen molar-refractivity contribution in [3.8, 4) is 0 Å². The Morgan fingerprint density at radius 2 is 2.25 bits per heavy atom. The van der Waals surface area contributed by atoms with Crippen molar-refractivity contribution in [2.75, 3.05) is 19.0 Å². The van der Waals surface area contributed by atoms with E-state index in [-0.39, 0.29) is 0 Å². The molecule has 0 radical (unpaired) electrons. The van der Waals surface area contributed by atoms with Crippen LogP contribution in [-0.2, 0) is 11.3 Å². The molecular weight excluding hydrogens is 220 g/mol. The van der Waals surface area contributed by atoms with Gasteiger partial charge >= 0.3 is 0 Å². The van der Waals surface area contributed by atoms with Crippen molar-refractivity contribution >= 4 is 23.0 Å². The lowest BCUT2D eigenvalue weighted by atomic mass is 10.2. The molecule has 0 aliphatic carbocycles. The summed E-state index contributed by atoms with van der Waals surface area (Å²) in [5, 5.41) is 6.92. The zero-order valence-electron chi connectivity index (χ0n) is 9.75. The van der Waals surface area contributed by atoms with Gasteiger partial charge in [0.15, 0.2) is 5.11 Å². The average molecular weight is 238 g/mol. The highest BCUT2D eigenvalue weighted by Gasteiger charge is 1.98. The fourth-order valence-electron chi connectivity index (χ4n) is 1.32. The largest absolute Gasteiger partial charge is 0.380 e. The number of thiocarbonyl (C=S) groups is 1. The number of hydrogen-bond acceptors (Lipinski definition) is 2. The van der Waals surface area contributed by atoms with Crippen LogP contribution < -0.4 is 10.6 Å². The Morgan fingerprint density at radius 3 is 2.94 bits per heavy atom. The van der Waals surface area contributed by atoms with Gasteiger partial charge in [-0.15, -0.1) is 0 Å². The SMILES string of the molecule is CCCNC(=S)Nc1cccc(COC)c1. The number of rotatable bonds is 5. The van der Waals surface area contributed by atoms with Gasteiger partial charge in [0.1, 0.15) is 0 Å². The molecule has 0 unspecified atom stereocenters. The van der Waals surface area contributed by atoms with Gasteiger partial charge in [-0.3, -0.25) is 0 Å². The van der Waals surface area contributed by atoms with Gasteiger partial charge in [0.25, 0.3) is 0 Å². The van der Waals surface area contributed by atoms with E-state index in [0.29, 0.717) is 11.7 Å². The molecule has 0 aromatic heterocycles. The average Bonchev–Trinajstić information content (AvgIpc) is 2.27. The summed E-state index contributed by atoms with van der Waals surface area (Å²) in [4.78, 5) is 0. The lowest BCUT2D eigenvalue weighted by molar-refractivity contribution is 0.185. The van der Waals surface area contributed by atoms with Gasteiger partial charge in [-0.1, -0.05) is 19.1 Å². The third kappa shape index (κ3) is 4.59. The highest BCUT2D eigenvalue weighted by atomic mass is 32.1. The molecule has 3 nitrogen and oxygen atoms in total. The molecule has 0 aliphatic rings. The lowest BCUT2D eigenvalue weighted by Gasteiger charge is -2.10. The van der Waals surface area contributed by atoms with Gasteiger partial charge in [-0.2, -0.15) is 0 Å². The molecule has 0 heterocycles. The van der Waals surface area contributed by atoms with E-state index in [4.69, 9.17) is 17.0 Å².